The lowest BCUT2D eigenvalue weighted by Crippen LogP contribution is -2.43. The number of hydrogen-bond donors (Lipinski definition) is 0. The molecule has 4 rings (SSSR count). The summed E-state index contributed by atoms with van der Waals surface area (Å²) in [5.74, 6) is 1.11. The molecule has 2 unspecified atom stereocenters. The second kappa shape index (κ2) is 11.8. The highest BCUT2D eigenvalue weighted by atomic mass is 32.2. The van der Waals surface area contributed by atoms with Crippen LogP contribution < -0.4 is 10.5 Å². The van der Waals surface area contributed by atoms with E-state index in [0.29, 0.717) is 33.2 Å². The molecule has 0 bridgehead atoms. The Labute approximate surface area is 233 Å². The number of pyridine rings is 1. The van der Waals surface area contributed by atoms with Crippen LogP contribution in [0.1, 0.15) is 62.3 Å². The first-order valence-corrected chi connectivity index (χ1v) is 14.3. The second-order valence-electron chi connectivity index (χ2n) is 10.4. The van der Waals surface area contributed by atoms with Gasteiger partial charge in [-0.05, 0) is 60.9 Å². The molecule has 2 fully saturated rings. The third-order valence-corrected chi connectivity index (χ3v) is 8.53. The van der Waals surface area contributed by atoms with E-state index in [1.807, 2.05) is 0 Å². The van der Waals surface area contributed by atoms with Crippen LogP contribution in [0, 0.1) is 35.9 Å². The zero-order chi connectivity index (χ0) is 27.6. The number of hydrogen-bond acceptors (Lipinski definition) is 6. The number of nitriles is 1. The minimum atomic E-state index is -0.338. The molecular weight excluding hydrogens is 519 g/mol. The summed E-state index contributed by atoms with van der Waals surface area (Å²) in [5, 5.41) is 9.91. The number of amides is 1. The van der Waals surface area contributed by atoms with Crippen molar-refractivity contribution >= 4 is 46.1 Å². The van der Waals surface area contributed by atoms with Crippen molar-refractivity contribution in [2.75, 3.05) is 18.0 Å². The Morgan fingerprint density at radius 3 is 2.45 bits per heavy atom. The topological polar surface area (TPSA) is 69.3 Å². The Bertz CT molecular complexity index is 1370. The lowest BCUT2D eigenvalue weighted by atomic mass is 9.91. The molecule has 0 spiro atoms. The van der Waals surface area contributed by atoms with Gasteiger partial charge in [-0.2, -0.15) is 5.26 Å². The summed E-state index contributed by atoms with van der Waals surface area (Å²) in [4.78, 5) is 31.2. The standard InChI is InChI=1S/C29H33FN4O2S2/c1-5-6-11-33-26(32-15-18(2)12-19(3)16-32)23(20(4)24(14-31)27(33)35)13-25-28(36)34(29(37)38-25)17-21-7-9-22(30)10-8-21/h7-10,13,18-19H,5-6,11-12,15-17H2,1-4H3/b25-13-. The zero-order valence-electron chi connectivity index (χ0n) is 22.3. The molecule has 0 aliphatic carbocycles. The monoisotopic (exact) mass is 552 g/mol. The predicted molar refractivity (Wildman–Crippen MR) is 155 cm³/mol. The Balaban J connectivity index is 1.83. The van der Waals surface area contributed by atoms with Crippen molar-refractivity contribution in [1.82, 2.24) is 9.47 Å². The molecule has 0 N–H and O–H groups in total. The highest BCUT2D eigenvalue weighted by Gasteiger charge is 2.34. The smallest absolute Gasteiger partial charge is 0.270 e. The van der Waals surface area contributed by atoms with Crippen molar-refractivity contribution < 1.29 is 9.18 Å². The number of nitrogens with zero attached hydrogens (tertiary/aromatic N) is 4. The summed E-state index contributed by atoms with van der Waals surface area (Å²) >= 11 is 6.76. The molecule has 2 saturated heterocycles. The second-order valence-corrected chi connectivity index (χ2v) is 12.1. The van der Waals surface area contributed by atoms with Gasteiger partial charge in [0.05, 0.1) is 11.4 Å². The number of carbonyl (C=O) groups excluding carboxylic acids is 1. The van der Waals surface area contributed by atoms with Crippen molar-refractivity contribution in [3.63, 3.8) is 0 Å². The average Bonchev–Trinajstić information content (AvgIpc) is 3.13. The van der Waals surface area contributed by atoms with Gasteiger partial charge in [0.1, 0.15) is 27.6 Å². The van der Waals surface area contributed by atoms with Crippen molar-refractivity contribution in [1.29, 1.82) is 5.26 Å². The Morgan fingerprint density at radius 1 is 1.18 bits per heavy atom. The predicted octanol–water partition coefficient (Wildman–Crippen LogP) is 5.85. The summed E-state index contributed by atoms with van der Waals surface area (Å²) in [6.07, 6.45) is 4.63. The maximum atomic E-state index is 13.5. The molecule has 1 aromatic heterocycles. The van der Waals surface area contributed by atoms with Crippen LogP contribution in [-0.4, -0.2) is 32.8 Å². The Morgan fingerprint density at radius 2 is 1.84 bits per heavy atom. The van der Waals surface area contributed by atoms with Gasteiger partial charge in [0.15, 0.2) is 0 Å². The molecule has 38 heavy (non-hydrogen) atoms. The van der Waals surface area contributed by atoms with Crippen molar-refractivity contribution in [2.45, 2.75) is 60.0 Å². The van der Waals surface area contributed by atoms with Gasteiger partial charge in [-0.3, -0.25) is 19.1 Å². The molecule has 200 valence electrons. The van der Waals surface area contributed by atoms with E-state index >= 15 is 0 Å². The number of carbonyl (C=O) groups is 1. The number of benzene rings is 1. The summed E-state index contributed by atoms with van der Waals surface area (Å²) in [7, 11) is 0. The van der Waals surface area contributed by atoms with Gasteiger partial charge >= 0.3 is 0 Å². The van der Waals surface area contributed by atoms with E-state index < -0.39 is 0 Å². The molecular formula is C29H33FN4O2S2. The van der Waals surface area contributed by atoms with Gasteiger partial charge in [0.2, 0.25) is 0 Å². The molecule has 3 heterocycles. The Hall–Kier alpha value is -2.96. The number of halogens is 1. The normalized spacial score (nSPS) is 20.9. The summed E-state index contributed by atoms with van der Waals surface area (Å²) in [6.45, 7) is 10.6. The fraction of sp³-hybridized carbons (Fsp3) is 0.448. The molecule has 2 aliphatic rings. The lowest BCUT2D eigenvalue weighted by molar-refractivity contribution is -0.122. The van der Waals surface area contributed by atoms with E-state index in [1.165, 1.54) is 28.8 Å². The summed E-state index contributed by atoms with van der Waals surface area (Å²) < 4.78 is 15.5. The molecule has 9 heteroatoms. The molecule has 1 aromatic carbocycles. The first-order valence-electron chi connectivity index (χ1n) is 13.1. The third-order valence-electron chi connectivity index (χ3n) is 7.15. The number of thioether (sulfide) groups is 1. The molecule has 0 saturated carbocycles. The molecule has 2 atom stereocenters. The van der Waals surface area contributed by atoms with Gasteiger partial charge in [-0.25, -0.2) is 4.39 Å². The average molecular weight is 553 g/mol. The molecule has 1 amide bonds. The van der Waals surface area contributed by atoms with E-state index in [9.17, 15) is 19.2 Å². The van der Waals surface area contributed by atoms with Crippen LogP contribution in [0.3, 0.4) is 0 Å². The summed E-state index contributed by atoms with van der Waals surface area (Å²) in [6, 6.07) is 8.13. The minimum Gasteiger partial charge on any atom is -0.357 e. The van der Waals surface area contributed by atoms with E-state index in [2.05, 4.69) is 31.7 Å². The zero-order valence-corrected chi connectivity index (χ0v) is 23.9. The van der Waals surface area contributed by atoms with Crippen LogP contribution in [0.5, 0.6) is 0 Å². The number of unbranched alkanes of at least 4 members (excludes halogenated alkanes) is 1. The van der Waals surface area contributed by atoms with Crippen LogP contribution in [0.2, 0.25) is 0 Å². The van der Waals surface area contributed by atoms with Crippen LogP contribution in [0.15, 0.2) is 34.0 Å². The van der Waals surface area contributed by atoms with Gasteiger partial charge in [-0.15, -0.1) is 0 Å². The number of thiocarbonyl (C=S) groups is 1. The van der Waals surface area contributed by atoms with Gasteiger partial charge in [0, 0.05) is 25.2 Å². The van der Waals surface area contributed by atoms with Crippen molar-refractivity contribution in [3.05, 3.63) is 67.6 Å². The SMILES string of the molecule is CCCCn1c(N2CC(C)CC(C)C2)c(/C=C2\SC(=S)N(Cc3ccc(F)cc3)C2=O)c(C)c(C#N)c1=O. The van der Waals surface area contributed by atoms with Crippen LogP contribution in [-0.2, 0) is 17.9 Å². The van der Waals surface area contributed by atoms with Crippen molar-refractivity contribution in [2.24, 2.45) is 11.8 Å². The Kier molecular flexibility index (Phi) is 8.74. The number of rotatable bonds is 7. The van der Waals surface area contributed by atoms with Crippen molar-refractivity contribution in [3.8, 4) is 6.07 Å². The first kappa shape index (κ1) is 28.1. The van der Waals surface area contributed by atoms with E-state index in [1.54, 1.807) is 29.7 Å². The number of aromatic nitrogens is 1. The lowest BCUT2D eigenvalue weighted by Gasteiger charge is -2.39. The number of anilines is 1. The molecule has 2 aromatic rings. The van der Waals surface area contributed by atoms with Crippen LogP contribution >= 0.6 is 24.0 Å². The van der Waals surface area contributed by atoms with E-state index in [4.69, 9.17) is 12.2 Å². The fourth-order valence-corrected chi connectivity index (χ4v) is 6.62. The maximum Gasteiger partial charge on any atom is 0.270 e. The quantitative estimate of drug-likeness (QED) is 0.317. The van der Waals surface area contributed by atoms with Gasteiger partial charge < -0.3 is 4.90 Å². The van der Waals surface area contributed by atoms with Crippen LogP contribution in [0.4, 0.5) is 10.2 Å². The fourth-order valence-electron chi connectivity index (χ4n) is 5.38. The largest absolute Gasteiger partial charge is 0.357 e. The minimum absolute atomic E-state index is 0.107. The molecule has 2 aliphatic heterocycles. The van der Waals surface area contributed by atoms with Gasteiger partial charge in [-0.1, -0.05) is 63.3 Å². The third kappa shape index (κ3) is 5.71. The first-order chi connectivity index (χ1) is 18.1. The maximum absolute atomic E-state index is 13.5. The summed E-state index contributed by atoms with van der Waals surface area (Å²) in [5.41, 5.74) is 1.91. The highest BCUT2D eigenvalue weighted by Crippen LogP contribution is 2.38. The van der Waals surface area contributed by atoms with E-state index in [0.717, 1.165) is 49.3 Å². The van der Waals surface area contributed by atoms with E-state index in [-0.39, 0.29) is 29.4 Å². The molecule has 6 nitrogen and oxygen atoms in total. The highest BCUT2D eigenvalue weighted by molar-refractivity contribution is 8.26. The van der Waals surface area contributed by atoms with Crippen LogP contribution in [0.25, 0.3) is 6.08 Å². The van der Waals surface area contributed by atoms with Gasteiger partial charge in [0.25, 0.3) is 11.5 Å². The molecule has 0 radical (unpaired) electrons. The number of piperidine rings is 1.